The second kappa shape index (κ2) is 9.87. The molecule has 0 atom stereocenters. The Hall–Kier alpha value is -3.65. The molecule has 0 radical (unpaired) electrons. The molecule has 7 nitrogen and oxygen atoms in total. The summed E-state index contributed by atoms with van der Waals surface area (Å²) in [5.74, 6) is 1.68. The van der Waals surface area contributed by atoms with Crippen molar-refractivity contribution < 1.29 is 28.5 Å². The number of nitrogens with zero attached hydrogens (tertiary/aromatic N) is 1. The van der Waals surface area contributed by atoms with Crippen LogP contribution >= 0.6 is 11.8 Å². The van der Waals surface area contributed by atoms with Gasteiger partial charge in [-0.25, -0.2) is 0 Å². The van der Waals surface area contributed by atoms with Crippen molar-refractivity contribution in [1.82, 2.24) is 4.90 Å². The van der Waals surface area contributed by atoms with Crippen LogP contribution in [0, 0.1) is 0 Å². The summed E-state index contributed by atoms with van der Waals surface area (Å²) in [6.45, 7) is 0.341. The molecule has 33 heavy (non-hydrogen) atoms. The fourth-order valence-electron chi connectivity index (χ4n) is 3.64. The Balaban J connectivity index is 1.49. The van der Waals surface area contributed by atoms with Crippen molar-refractivity contribution in [2.24, 2.45) is 0 Å². The number of carbonyl (C=O) groups is 2. The van der Waals surface area contributed by atoms with Crippen LogP contribution in [0.1, 0.15) is 5.56 Å². The molecule has 4 rings (SSSR count). The monoisotopic (exact) mass is 465 g/mol. The average Bonchev–Trinajstić information content (AvgIpc) is 3.11. The zero-order chi connectivity index (χ0) is 23.4. The van der Waals surface area contributed by atoms with Gasteiger partial charge in [0.2, 0.25) is 5.75 Å². The second-order valence-electron chi connectivity index (χ2n) is 7.08. The first-order valence-electron chi connectivity index (χ1n) is 10.2. The average molecular weight is 466 g/mol. The standard InChI is InChI=1S/C25H23NO6S/c1-29-20-12-11-17(22(30-2)23(20)31-3)15-21-24(27)26(25(28)33-21)13-14-32-19-10-6-8-16-7-4-5-9-18(16)19/h4-12,15H,13-14H2,1-3H3/b21-15-. The Morgan fingerprint density at radius 1 is 0.848 bits per heavy atom. The van der Waals surface area contributed by atoms with Crippen molar-refractivity contribution in [3.05, 3.63) is 65.1 Å². The van der Waals surface area contributed by atoms with Gasteiger partial charge in [0.25, 0.3) is 11.1 Å². The van der Waals surface area contributed by atoms with Crippen molar-refractivity contribution in [2.45, 2.75) is 0 Å². The van der Waals surface area contributed by atoms with E-state index in [9.17, 15) is 9.59 Å². The first-order chi connectivity index (χ1) is 16.1. The Kier molecular flexibility index (Phi) is 6.74. The van der Waals surface area contributed by atoms with E-state index >= 15 is 0 Å². The van der Waals surface area contributed by atoms with E-state index in [0.717, 1.165) is 22.5 Å². The molecule has 0 unspecified atom stereocenters. The summed E-state index contributed by atoms with van der Waals surface area (Å²) in [5.41, 5.74) is 0.604. The van der Waals surface area contributed by atoms with E-state index in [2.05, 4.69) is 0 Å². The Morgan fingerprint density at radius 3 is 2.36 bits per heavy atom. The minimum atomic E-state index is -0.372. The number of carbonyl (C=O) groups excluding carboxylic acids is 2. The van der Waals surface area contributed by atoms with Crippen molar-refractivity contribution >= 4 is 39.8 Å². The quantitative estimate of drug-likeness (QED) is 0.434. The molecule has 170 valence electrons. The Morgan fingerprint density at radius 2 is 1.61 bits per heavy atom. The summed E-state index contributed by atoms with van der Waals surface area (Å²) in [7, 11) is 4.54. The lowest BCUT2D eigenvalue weighted by Gasteiger charge is -2.15. The molecule has 1 aliphatic heterocycles. The van der Waals surface area contributed by atoms with E-state index in [4.69, 9.17) is 18.9 Å². The van der Waals surface area contributed by atoms with Gasteiger partial charge in [0, 0.05) is 10.9 Å². The number of thioether (sulfide) groups is 1. The van der Waals surface area contributed by atoms with Crippen LogP contribution in [0.2, 0.25) is 0 Å². The van der Waals surface area contributed by atoms with E-state index < -0.39 is 0 Å². The SMILES string of the molecule is COc1ccc(/C=C2\SC(=O)N(CCOc3cccc4ccccc34)C2=O)c(OC)c1OC. The number of hydrogen-bond donors (Lipinski definition) is 0. The lowest BCUT2D eigenvalue weighted by atomic mass is 10.1. The van der Waals surface area contributed by atoms with Gasteiger partial charge in [-0.3, -0.25) is 14.5 Å². The highest BCUT2D eigenvalue weighted by atomic mass is 32.2. The number of amides is 2. The Labute approximate surface area is 195 Å². The summed E-state index contributed by atoms with van der Waals surface area (Å²) in [6.07, 6.45) is 1.62. The lowest BCUT2D eigenvalue weighted by Crippen LogP contribution is -2.32. The van der Waals surface area contributed by atoms with Crippen LogP contribution in [0.3, 0.4) is 0 Å². The van der Waals surface area contributed by atoms with Gasteiger partial charge in [0.1, 0.15) is 12.4 Å². The van der Waals surface area contributed by atoms with Crippen LogP contribution in [-0.4, -0.2) is 50.5 Å². The number of methoxy groups -OCH3 is 3. The predicted molar refractivity (Wildman–Crippen MR) is 128 cm³/mol. The molecule has 3 aromatic carbocycles. The highest BCUT2D eigenvalue weighted by Gasteiger charge is 2.35. The predicted octanol–water partition coefficient (Wildman–Crippen LogP) is 4.98. The Bertz CT molecular complexity index is 1230. The molecule has 1 heterocycles. The van der Waals surface area contributed by atoms with Crippen molar-refractivity contribution in [2.75, 3.05) is 34.5 Å². The van der Waals surface area contributed by atoms with E-state index in [0.29, 0.717) is 33.5 Å². The highest BCUT2D eigenvalue weighted by Crippen LogP contribution is 2.42. The van der Waals surface area contributed by atoms with Gasteiger partial charge in [0.15, 0.2) is 11.5 Å². The number of hydrogen-bond acceptors (Lipinski definition) is 7. The molecule has 0 bridgehead atoms. The summed E-state index contributed by atoms with van der Waals surface area (Å²) in [4.78, 5) is 26.9. The van der Waals surface area contributed by atoms with Gasteiger partial charge in [-0.2, -0.15) is 0 Å². The van der Waals surface area contributed by atoms with Crippen molar-refractivity contribution in [3.63, 3.8) is 0 Å². The van der Waals surface area contributed by atoms with Gasteiger partial charge in [-0.1, -0.05) is 36.4 Å². The van der Waals surface area contributed by atoms with E-state index in [1.54, 1.807) is 18.2 Å². The minimum Gasteiger partial charge on any atom is -0.493 e. The summed E-state index contributed by atoms with van der Waals surface area (Å²) >= 11 is 0.883. The zero-order valence-corrected chi connectivity index (χ0v) is 19.3. The minimum absolute atomic E-state index is 0.147. The number of ether oxygens (including phenoxy) is 4. The van der Waals surface area contributed by atoms with Crippen LogP contribution in [0.4, 0.5) is 4.79 Å². The van der Waals surface area contributed by atoms with E-state index in [1.807, 2.05) is 42.5 Å². The smallest absolute Gasteiger partial charge is 0.293 e. The molecule has 8 heteroatoms. The van der Waals surface area contributed by atoms with E-state index in [1.165, 1.54) is 26.2 Å². The summed E-state index contributed by atoms with van der Waals surface area (Å²) in [6, 6.07) is 17.1. The molecule has 0 N–H and O–H groups in total. The van der Waals surface area contributed by atoms with Crippen molar-refractivity contribution in [3.8, 4) is 23.0 Å². The van der Waals surface area contributed by atoms with Crippen LogP contribution in [0.15, 0.2) is 59.5 Å². The third kappa shape index (κ3) is 4.47. The van der Waals surface area contributed by atoms with Crippen LogP contribution in [0.25, 0.3) is 16.8 Å². The summed E-state index contributed by atoms with van der Waals surface area (Å²) < 4.78 is 22.1. The molecule has 3 aromatic rings. The van der Waals surface area contributed by atoms with Crippen LogP contribution in [0.5, 0.6) is 23.0 Å². The number of fused-ring (bicyclic) bond motifs is 1. The van der Waals surface area contributed by atoms with Gasteiger partial charge in [0.05, 0.1) is 32.8 Å². The molecular formula is C25H23NO6S. The zero-order valence-electron chi connectivity index (χ0n) is 18.5. The van der Waals surface area contributed by atoms with Crippen molar-refractivity contribution in [1.29, 1.82) is 0 Å². The fourth-order valence-corrected chi connectivity index (χ4v) is 4.50. The van der Waals surface area contributed by atoms with Gasteiger partial charge in [-0.15, -0.1) is 0 Å². The molecule has 1 aliphatic rings. The molecule has 0 aromatic heterocycles. The number of rotatable bonds is 8. The summed E-state index contributed by atoms with van der Waals surface area (Å²) in [5, 5.41) is 1.70. The normalized spacial score (nSPS) is 14.8. The third-order valence-electron chi connectivity index (χ3n) is 5.22. The second-order valence-corrected chi connectivity index (χ2v) is 8.08. The molecule has 2 amide bonds. The molecular weight excluding hydrogens is 442 g/mol. The lowest BCUT2D eigenvalue weighted by molar-refractivity contribution is -0.123. The molecule has 1 fully saturated rings. The first-order valence-corrected chi connectivity index (χ1v) is 11.0. The van der Waals surface area contributed by atoms with E-state index in [-0.39, 0.29) is 24.3 Å². The van der Waals surface area contributed by atoms with Gasteiger partial charge >= 0.3 is 0 Å². The maximum Gasteiger partial charge on any atom is 0.293 e. The largest absolute Gasteiger partial charge is 0.493 e. The number of benzene rings is 3. The van der Waals surface area contributed by atoms with Gasteiger partial charge in [-0.05, 0) is 41.4 Å². The molecule has 0 saturated carbocycles. The maximum atomic E-state index is 12.9. The molecule has 1 saturated heterocycles. The van der Waals surface area contributed by atoms with Crippen LogP contribution in [-0.2, 0) is 4.79 Å². The molecule has 0 spiro atoms. The molecule has 0 aliphatic carbocycles. The van der Waals surface area contributed by atoms with Gasteiger partial charge < -0.3 is 18.9 Å². The first kappa shape index (κ1) is 22.5. The fraction of sp³-hybridized carbons (Fsp3) is 0.200. The maximum absolute atomic E-state index is 12.9. The third-order valence-corrected chi connectivity index (χ3v) is 6.12. The highest BCUT2D eigenvalue weighted by molar-refractivity contribution is 8.18. The topological polar surface area (TPSA) is 74.3 Å². The van der Waals surface area contributed by atoms with Crippen LogP contribution < -0.4 is 18.9 Å². The number of imide groups is 1.